The number of thiophene rings is 1. The fourth-order valence-corrected chi connectivity index (χ4v) is 5.59. The van der Waals surface area contributed by atoms with Gasteiger partial charge in [-0.25, -0.2) is 10.4 Å². The molecule has 5 nitrogen and oxygen atoms in total. The molecule has 146 valence electrons. The van der Waals surface area contributed by atoms with Crippen molar-refractivity contribution < 1.29 is 4.79 Å². The van der Waals surface area contributed by atoms with Crippen molar-refractivity contribution in [3.8, 4) is 11.3 Å². The predicted molar refractivity (Wildman–Crippen MR) is 120 cm³/mol. The van der Waals surface area contributed by atoms with Gasteiger partial charge < -0.3 is 0 Å². The number of aromatic nitrogens is 2. The minimum atomic E-state index is -0.219. The van der Waals surface area contributed by atoms with Gasteiger partial charge in [0.1, 0.15) is 0 Å². The Morgan fingerprint density at radius 3 is 2.83 bits per heavy atom. The lowest BCUT2D eigenvalue weighted by Crippen LogP contribution is -2.17. The molecule has 29 heavy (non-hydrogen) atoms. The van der Waals surface area contributed by atoms with Gasteiger partial charge in [-0.05, 0) is 49.3 Å². The molecular formula is C21H17ClN4OS2. The Hall–Kier alpha value is -2.48. The number of fused-ring (bicyclic) bond motifs is 3. The fourth-order valence-electron chi connectivity index (χ4n) is 3.61. The normalized spacial score (nSPS) is 13.8. The summed E-state index contributed by atoms with van der Waals surface area (Å²) < 4.78 is 2.20. The van der Waals surface area contributed by atoms with E-state index in [1.54, 1.807) is 29.0 Å². The Kier molecular flexibility index (Phi) is 4.95. The highest BCUT2D eigenvalue weighted by molar-refractivity contribution is 7.17. The summed E-state index contributed by atoms with van der Waals surface area (Å²) in [4.78, 5) is 19.5. The zero-order valence-corrected chi connectivity index (χ0v) is 17.8. The number of benzene rings is 1. The number of thiazole rings is 1. The van der Waals surface area contributed by atoms with Crippen molar-refractivity contribution in [1.82, 2.24) is 14.8 Å². The molecule has 8 heteroatoms. The van der Waals surface area contributed by atoms with Crippen LogP contribution in [0.2, 0.25) is 5.02 Å². The molecule has 1 aromatic carbocycles. The quantitative estimate of drug-likeness (QED) is 0.340. The first-order valence-electron chi connectivity index (χ1n) is 9.35. The monoisotopic (exact) mass is 440 g/mol. The van der Waals surface area contributed by atoms with Crippen LogP contribution < -0.4 is 5.43 Å². The molecule has 1 aliphatic rings. The van der Waals surface area contributed by atoms with Crippen molar-refractivity contribution >= 4 is 51.4 Å². The number of carbonyl (C=O) groups is 1. The van der Waals surface area contributed by atoms with Crippen molar-refractivity contribution in [2.24, 2.45) is 5.10 Å². The Balaban J connectivity index is 1.57. The van der Waals surface area contributed by atoms with Crippen LogP contribution in [0.4, 0.5) is 0 Å². The third-order valence-electron chi connectivity index (χ3n) is 5.01. The van der Waals surface area contributed by atoms with E-state index >= 15 is 0 Å². The molecule has 4 aromatic rings. The van der Waals surface area contributed by atoms with Crippen molar-refractivity contribution in [3.63, 3.8) is 0 Å². The lowest BCUT2D eigenvalue weighted by Gasteiger charge is -2.11. The minimum absolute atomic E-state index is 0.219. The van der Waals surface area contributed by atoms with Crippen molar-refractivity contribution in [2.75, 3.05) is 0 Å². The van der Waals surface area contributed by atoms with Gasteiger partial charge in [0.2, 0.25) is 0 Å². The number of halogens is 1. The molecule has 0 radical (unpaired) electrons. The van der Waals surface area contributed by atoms with Crippen LogP contribution in [0.1, 0.15) is 39.5 Å². The maximum Gasteiger partial charge on any atom is 0.272 e. The number of hydrogen-bond donors (Lipinski definition) is 1. The van der Waals surface area contributed by atoms with E-state index in [1.807, 2.05) is 29.6 Å². The maximum atomic E-state index is 12.2. The molecule has 0 fully saturated rings. The third-order valence-corrected chi connectivity index (χ3v) is 7.09. The van der Waals surface area contributed by atoms with E-state index in [1.165, 1.54) is 34.7 Å². The number of aryl methyl sites for hydroxylation is 2. The fraction of sp³-hybridized carbons (Fsp3) is 0.190. The number of nitrogens with zero attached hydrogens (tertiary/aromatic N) is 3. The number of amides is 1. The van der Waals surface area contributed by atoms with Crippen LogP contribution in [0.5, 0.6) is 0 Å². The van der Waals surface area contributed by atoms with Crippen LogP contribution in [0.3, 0.4) is 0 Å². The molecule has 0 aliphatic heterocycles. The number of hydrazone groups is 1. The molecule has 0 spiro atoms. The Labute approximate surface area is 180 Å². The second-order valence-corrected chi connectivity index (χ2v) is 9.14. The number of nitrogens with one attached hydrogen (secondary N) is 1. The summed E-state index contributed by atoms with van der Waals surface area (Å²) in [7, 11) is 0. The highest BCUT2D eigenvalue weighted by Crippen LogP contribution is 2.34. The molecule has 0 saturated heterocycles. The van der Waals surface area contributed by atoms with E-state index in [2.05, 4.69) is 14.9 Å². The van der Waals surface area contributed by atoms with Crippen LogP contribution in [0.15, 0.2) is 46.2 Å². The van der Waals surface area contributed by atoms with Gasteiger partial charge in [-0.3, -0.25) is 9.20 Å². The number of imidazole rings is 1. The first-order chi connectivity index (χ1) is 14.2. The summed E-state index contributed by atoms with van der Waals surface area (Å²) in [6.45, 7) is 0. The number of hydrogen-bond acceptors (Lipinski definition) is 5. The van der Waals surface area contributed by atoms with Crippen molar-refractivity contribution in [3.05, 3.63) is 67.9 Å². The second kappa shape index (κ2) is 7.74. The topological polar surface area (TPSA) is 58.8 Å². The van der Waals surface area contributed by atoms with Gasteiger partial charge >= 0.3 is 0 Å². The van der Waals surface area contributed by atoms with Crippen LogP contribution in [0.25, 0.3) is 16.2 Å². The average molecular weight is 441 g/mol. The van der Waals surface area contributed by atoms with Crippen molar-refractivity contribution in [1.29, 1.82) is 0 Å². The van der Waals surface area contributed by atoms with E-state index in [-0.39, 0.29) is 5.91 Å². The van der Waals surface area contributed by atoms with Crippen LogP contribution in [-0.4, -0.2) is 21.5 Å². The molecular weight excluding hydrogens is 424 g/mol. The van der Waals surface area contributed by atoms with E-state index < -0.39 is 0 Å². The Morgan fingerprint density at radius 2 is 2.03 bits per heavy atom. The van der Waals surface area contributed by atoms with Gasteiger partial charge in [0, 0.05) is 26.5 Å². The van der Waals surface area contributed by atoms with Gasteiger partial charge in [0.15, 0.2) is 4.96 Å². The van der Waals surface area contributed by atoms with Crippen LogP contribution in [0, 0.1) is 0 Å². The van der Waals surface area contributed by atoms with E-state index in [4.69, 9.17) is 16.6 Å². The molecule has 1 N–H and O–H groups in total. The highest BCUT2D eigenvalue weighted by atomic mass is 35.5. The number of rotatable bonds is 4. The highest BCUT2D eigenvalue weighted by Gasteiger charge is 2.22. The van der Waals surface area contributed by atoms with E-state index in [0.717, 1.165) is 34.8 Å². The zero-order chi connectivity index (χ0) is 19.8. The summed E-state index contributed by atoms with van der Waals surface area (Å²) in [5.74, 6) is -0.219. The van der Waals surface area contributed by atoms with E-state index in [0.29, 0.717) is 10.6 Å². The number of carbonyl (C=O) groups excluding carboxylic acids is 1. The zero-order valence-electron chi connectivity index (χ0n) is 15.4. The van der Waals surface area contributed by atoms with Crippen molar-refractivity contribution in [2.45, 2.75) is 25.7 Å². The first kappa shape index (κ1) is 18.5. The van der Waals surface area contributed by atoms with Gasteiger partial charge in [-0.2, -0.15) is 16.4 Å². The SMILES string of the molecule is O=C(NN=Cc1c(-c2ccc(Cl)cc2)nc2sc3c(n12)CCCC3)c1ccsc1. The summed E-state index contributed by atoms with van der Waals surface area (Å²) >= 11 is 9.29. The van der Waals surface area contributed by atoms with E-state index in [9.17, 15) is 4.79 Å². The summed E-state index contributed by atoms with van der Waals surface area (Å²) in [5, 5.41) is 8.61. The summed E-state index contributed by atoms with van der Waals surface area (Å²) in [6.07, 6.45) is 6.24. The lowest BCUT2D eigenvalue weighted by molar-refractivity contribution is 0.0955. The van der Waals surface area contributed by atoms with Gasteiger partial charge in [-0.15, -0.1) is 11.3 Å². The molecule has 1 amide bonds. The molecule has 5 rings (SSSR count). The van der Waals surface area contributed by atoms with Gasteiger partial charge in [0.05, 0.1) is 23.2 Å². The molecule has 0 unspecified atom stereocenters. The molecule has 3 aromatic heterocycles. The average Bonchev–Trinajstić information content (AvgIpc) is 3.45. The smallest absolute Gasteiger partial charge is 0.272 e. The Bertz CT molecular complexity index is 1210. The Morgan fingerprint density at radius 1 is 1.21 bits per heavy atom. The van der Waals surface area contributed by atoms with Gasteiger partial charge in [-0.1, -0.05) is 23.7 Å². The maximum absolute atomic E-state index is 12.2. The standard InChI is InChI=1S/C21H17ClN4OS2/c22-15-7-5-13(6-8-15)19-17(11-23-25-20(27)14-9-10-28-12-14)26-16-3-1-2-4-18(16)29-21(26)24-19/h5-12H,1-4H2,(H,25,27). The molecule has 1 aliphatic carbocycles. The molecule has 0 bridgehead atoms. The lowest BCUT2D eigenvalue weighted by atomic mass is 10.0. The van der Waals surface area contributed by atoms with Crippen LogP contribution in [-0.2, 0) is 12.8 Å². The second-order valence-electron chi connectivity index (χ2n) is 6.86. The van der Waals surface area contributed by atoms with Crippen LogP contribution >= 0.6 is 34.3 Å². The first-order valence-corrected chi connectivity index (χ1v) is 11.5. The molecule has 3 heterocycles. The van der Waals surface area contributed by atoms with Gasteiger partial charge in [0.25, 0.3) is 5.91 Å². The molecule has 0 atom stereocenters. The predicted octanol–water partition coefficient (Wildman–Crippen LogP) is 5.42. The largest absolute Gasteiger partial charge is 0.285 e. The third kappa shape index (κ3) is 3.50. The minimum Gasteiger partial charge on any atom is -0.285 e. The molecule has 0 saturated carbocycles. The summed E-state index contributed by atoms with van der Waals surface area (Å²) in [6, 6.07) is 9.42. The summed E-state index contributed by atoms with van der Waals surface area (Å²) in [5.41, 5.74) is 7.25.